The molecule has 1 unspecified atom stereocenters. The van der Waals surface area contributed by atoms with Gasteiger partial charge in [-0.15, -0.1) is 0 Å². The number of nitrogens with zero attached hydrogens (tertiary/aromatic N) is 1. The number of pyridine rings is 1. The van der Waals surface area contributed by atoms with Crippen LogP contribution < -0.4 is 15.6 Å². The molecule has 1 atom stereocenters. The second-order valence-electron chi connectivity index (χ2n) is 6.92. The Hall–Kier alpha value is -3.08. The van der Waals surface area contributed by atoms with Gasteiger partial charge in [-0.05, 0) is 42.5 Å². The molecule has 1 aliphatic rings. The fourth-order valence-corrected chi connectivity index (χ4v) is 3.78. The summed E-state index contributed by atoms with van der Waals surface area (Å²) >= 11 is 0. The van der Waals surface area contributed by atoms with Gasteiger partial charge in [-0.3, -0.25) is 9.59 Å². The van der Waals surface area contributed by atoms with E-state index in [-0.39, 0.29) is 24.1 Å². The van der Waals surface area contributed by atoms with E-state index in [9.17, 15) is 9.59 Å². The first-order valence-electron chi connectivity index (χ1n) is 9.22. The highest BCUT2D eigenvalue weighted by atomic mass is 16.5. The van der Waals surface area contributed by atoms with Crippen molar-refractivity contribution in [3.05, 3.63) is 76.1 Å². The minimum atomic E-state index is -0.179. The average molecular weight is 362 g/mol. The average Bonchev–Trinajstić information content (AvgIpc) is 2.70. The monoisotopic (exact) mass is 362 g/mol. The molecule has 5 nitrogen and oxygen atoms in total. The Bertz CT molecular complexity index is 1050. The minimum Gasteiger partial charge on any atom is -0.483 e. The molecule has 0 saturated carbocycles. The Morgan fingerprint density at radius 2 is 1.96 bits per heavy atom. The number of rotatable bonds is 4. The van der Waals surface area contributed by atoms with Gasteiger partial charge in [0.25, 0.3) is 11.5 Å². The Morgan fingerprint density at radius 1 is 1.19 bits per heavy atom. The molecule has 2 aromatic carbocycles. The van der Waals surface area contributed by atoms with Gasteiger partial charge >= 0.3 is 0 Å². The van der Waals surface area contributed by atoms with E-state index in [0.717, 1.165) is 30.2 Å². The molecule has 1 aromatic heterocycles. The summed E-state index contributed by atoms with van der Waals surface area (Å²) in [5.74, 6) is 0.259. The number of nitrogens with one attached hydrogen (secondary N) is 1. The Kier molecular flexibility index (Phi) is 4.67. The van der Waals surface area contributed by atoms with E-state index in [2.05, 4.69) is 17.4 Å². The third kappa shape index (κ3) is 3.45. The van der Waals surface area contributed by atoms with E-state index < -0.39 is 0 Å². The van der Waals surface area contributed by atoms with Gasteiger partial charge in [0.05, 0.1) is 11.6 Å². The second-order valence-corrected chi connectivity index (χ2v) is 6.92. The number of fused-ring (bicyclic) bond motifs is 2. The van der Waals surface area contributed by atoms with Crippen molar-refractivity contribution in [1.29, 1.82) is 0 Å². The lowest BCUT2D eigenvalue weighted by molar-refractivity contribution is -0.123. The first kappa shape index (κ1) is 17.3. The molecule has 0 aliphatic heterocycles. The maximum absolute atomic E-state index is 12.5. The maximum Gasteiger partial charge on any atom is 0.258 e. The number of amides is 1. The fourth-order valence-electron chi connectivity index (χ4n) is 3.78. The summed E-state index contributed by atoms with van der Waals surface area (Å²) in [6.45, 7) is -0.115. The van der Waals surface area contributed by atoms with Crippen LogP contribution in [0.25, 0.3) is 10.9 Å². The van der Waals surface area contributed by atoms with Crippen LogP contribution in [-0.2, 0) is 18.3 Å². The summed E-state index contributed by atoms with van der Waals surface area (Å²) in [5.41, 5.74) is 3.11. The highest BCUT2D eigenvalue weighted by Gasteiger charge is 2.21. The lowest BCUT2D eigenvalue weighted by atomic mass is 9.88. The van der Waals surface area contributed by atoms with Crippen molar-refractivity contribution in [2.75, 3.05) is 6.61 Å². The molecule has 0 bridgehead atoms. The van der Waals surface area contributed by atoms with Gasteiger partial charge in [-0.25, -0.2) is 0 Å². The van der Waals surface area contributed by atoms with Crippen molar-refractivity contribution in [1.82, 2.24) is 9.88 Å². The van der Waals surface area contributed by atoms with Crippen molar-refractivity contribution >= 4 is 16.8 Å². The van der Waals surface area contributed by atoms with E-state index in [4.69, 9.17) is 4.74 Å². The van der Waals surface area contributed by atoms with Crippen LogP contribution in [0.1, 0.15) is 30.0 Å². The van der Waals surface area contributed by atoms with Crippen molar-refractivity contribution < 1.29 is 9.53 Å². The Labute approximate surface area is 157 Å². The number of aryl methyl sites for hydroxylation is 2. The van der Waals surface area contributed by atoms with Crippen LogP contribution in [0.4, 0.5) is 0 Å². The van der Waals surface area contributed by atoms with Gasteiger partial charge in [0.15, 0.2) is 6.61 Å². The molecule has 1 heterocycles. The molecule has 0 fully saturated rings. The molecule has 0 radical (unpaired) electrons. The van der Waals surface area contributed by atoms with Gasteiger partial charge in [-0.1, -0.05) is 36.4 Å². The summed E-state index contributed by atoms with van der Waals surface area (Å²) in [7, 11) is 1.72. The van der Waals surface area contributed by atoms with E-state index in [1.165, 1.54) is 17.2 Å². The Morgan fingerprint density at radius 3 is 2.85 bits per heavy atom. The number of hydrogen-bond donors (Lipinski definition) is 1. The molecule has 1 amide bonds. The zero-order valence-corrected chi connectivity index (χ0v) is 15.3. The van der Waals surface area contributed by atoms with E-state index in [0.29, 0.717) is 5.75 Å². The zero-order chi connectivity index (χ0) is 18.8. The van der Waals surface area contributed by atoms with Crippen LogP contribution in [0, 0.1) is 0 Å². The SMILES string of the molecule is Cn1c(=O)cc(OCC(=O)NC2CCCc3ccccc32)c2ccccc21. The van der Waals surface area contributed by atoms with Gasteiger partial charge in [-0.2, -0.15) is 0 Å². The summed E-state index contributed by atoms with van der Waals surface area (Å²) < 4.78 is 7.29. The number of carbonyl (C=O) groups excluding carboxylic acids is 1. The maximum atomic E-state index is 12.5. The highest BCUT2D eigenvalue weighted by molar-refractivity contribution is 5.86. The number of para-hydroxylation sites is 1. The molecular weight excluding hydrogens is 340 g/mol. The summed E-state index contributed by atoms with van der Waals surface area (Å²) in [5, 5.41) is 3.89. The molecule has 1 aliphatic carbocycles. The Balaban J connectivity index is 1.49. The van der Waals surface area contributed by atoms with Crippen molar-refractivity contribution in [3.8, 4) is 5.75 Å². The smallest absolute Gasteiger partial charge is 0.258 e. The first-order valence-corrected chi connectivity index (χ1v) is 9.22. The number of carbonyl (C=O) groups is 1. The van der Waals surface area contributed by atoms with Gasteiger partial charge in [0.2, 0.25) is 0 Å². The van der Waals surface area contributed by atoms with Crippen molar-refractivity contribution in [2.24, 2.45) is 7.05 Å². The number of hydrogen-bond acceptors (Lipinski definition) is 3. The predicted molar refractivity (Wildman–Crippen MR) is 105 cm³/mol. The van der Waals surface area contributed by atoms with Crippen LogP contribution >= 0.6 is 0 Å². The number of aromatic nitrogens is 1. The van der Waals surface area contributed by atoms with Crippen LogP contribution in [0.15, 0.2) is 59.4 Å². The topological polar surface area (TPSA) is 60.3 Å². The van der Waals surface area contributed by atoms with E-state index in [1.54, 1.807) is 11.6 Å². The molecule has 5 heteroatoms. The van der Waals surface area contributed by atoms with E-state index >= 15 is 0 Å². The van der Waals surface area contributed by atoms with Crippen molar-refractivity contribution in [3.63, 3.8) is 0 Å². The molecule has 27 heavy (non-hydrogen) atoms. The van der Waals surface area contributed by atoms with Gasteiger partial charge < -0.3 is 14.6 Å². The summed E-state index contributed by atoms with van der Waals surface area (Å²) in [6.07, 6.45) is 3.04. The standard InChI is InChI=1S/C22H22N2O3/c1-24-19-12-5-4-10-17(19)20(13-22(24)26)27-14-21(25)23-18-11-6-8-15-7-2-3-9-16(15)18/h2-5,7,9-10,12-13,18H,6,8,11,14H2,1H3,(H,23,25). The number of benzene rings is 2. The fraction of sp³-hybridized carbons (Fsp3) is 0.273. The zero-order valence-electron chi connectivity index (χ0n) is 15.3. The molecule has 0 saturated heterocycles. The normalized spacial score (nSPS) is 16.0. The summed E-state index contributed by atoms with van der Waals surface area (Å²) in [4.78, 5) is 24.6. The molecule has 3 aromatic rings. The van der Waals surface area contributed by atoms with Crippen LogP contribution in [0.5, 0.6) is 5.75 Å². The van der Waals surface area contributed by atoms with Crippen molar-refractivity contribution in [2.45, 2.75) is 25.3 Å². The largest absolute Gasteiger partial charge is 0.483 e. The van der Waals surface area contributed by atoms with Crippen LogP contribution in [0.3, 0.4) is 0 Å². The van der Waals surface area contributed by atoms with Gasteiger partial charge in [0, 0.05) is 18.5 Å². The quantitative estimate of drug-likeness (QED) is 0.776. The highest BCUT2D eigenvalue weighted by Crippen LogP contribution is 2.29. The molecular formula is C22H22N2O3. The lowest BCUT2D eigenvalue weighted by Gasteiger charge is -2.26. The lowest BCUT2D eigenvalue weighted by Crippen LogP contribution is -2.34. The minimum absolute atomic E-state index is 0.0198. The molecule has 1 N–H and O–H groups in total. The first-order chi connectivity index (χ1) is 13.1. The third-order valence-corrected chi connectivity index (χ3v) is 5.18. The van der Waals surface area contributed by atoms with Crippen LogP contribution in [0.2, 0.25) is 0 Å². The number of ether oxygens (including phenoxy) is 1. The molecule has 4 rings (SSSR count). The second kappa shape index (κ2) is 7.27. The van der Waals surface area contributed by atoms with Crippen LogP contribution in [-0.4, -0.2) is 17.1 Å². The third-order valence-electron chi connectivity index (χ3n) is 5.18. The summed E-state index contributed by atoms with van der Waals surface area (Å²) in [6, 6.07) is 17.2. The predicted octanol–water partition coefficient (Wildman–Crippen LogP) is 3.11. The van der Waals surface area contributed by atoms with Gasteiger partial charge in [0.1, 0.15) is 5.75 Å². The molecule has 0 spiro atoms. The van der Waals surface area contributed by atoms with E-state index in [1.807, 2.05) is 36.4 Å². The molecule has 138 valence electrons.